The van der Waals surface area contributed by atoms with Crippen LogP contribution in [0.1, 0.15) is 13.8 Å². The molecule has 21 heavy (non-hydrogen) atoms. The quantitative estimate of drug-likeness (QED) is 0.827. The lowest BCUT2D eigenvalue weighted by molar-refractivity contribution is -0.115. The Hall–Kier alpha value is -1.37. The third-order valence-electron chi connectivity index (χ3n) is 2.69. The molecule has 1 heterocycles. The molecule has 0 aliphatic heterocycles. The van der Waals surface area contributed by atoms with Crippen LogP contribution in [-0.2, 0) is 9.53 Å². The van der Waals surface area contributed by atoms with Gasteiger partial charge in [0.1, 0.15) is 17.2 Å². The third-order valence-corrected chi connectivity index (χ3v) is 3.82. The Morgan fingerprint density at radius 3 is 2.90 bits per heavy atom. The van der Waals surface area contributed by atoms with Crippen molar-refractivity contribution >= 4 is 44.2 Å². The molecule has 2 aromatic rings. The first kappa shape index (κ1) is 16.0. The van der Waals surface area contributed by atoms with E-state index in [1.54, 1.807) is 14.0 Å². The van der Waals surface area contributed by atoms with Crippen LogP contribution in [0.3, 0.4) is 0 Å². The first-order chi connectivity index (χ1) is 9.99. The zero-order chi connectivity index (χ0) is 15.4. The average molecular weight is 329 g/mol. The van der Waals surface area contributed by atoms with Gasteiger partial charge in [-0.05, 0) is 32.0 Å². The van der Waals surface area contributed by atoms with Crippen molar-refractivity contribution in [1.82, 2.24) is 4.98 Å². The highest BCUT2D eigenvalue weighted by Crippen LogP contribution is 2.29. The van der Waals surface area contributed by atoms with Crippen molar-refractivity contribution in [3.63, 3.8) is 0 Å². The minimum atomic E-state index is -0.592. The number of carbonyl (C=O) groups is 1. The number of fused-ring (bicyclic) bond motifs is 1. The van der Waals surface area contributed by atoms with Crippen LogP contribution in [-0.4, -0.2) is 36.1 Å². The first-order valence-electron chi connectivity index (χ1n) is 6.50. The maximum Gasteiger partial charge on any atom is 0.243 e. The second kappa shape index (κ2) is 7.06. The van der Waals surface area contributed by atoms with Gasteiger partial charge < -0.3 is 14.8 Å². The molecule has 0 saturated carbocycles. The topological polar surface area (TPSA) is 60.5 Å². The fourth-order valence-electron chi connectivity index (χ4n) is 1.74. The van der Waals surface area contributed by atoms with E-state index in [9.17, 15) is 4.79 Å². The van der Waals surface area contributed by atoms with Crippen LogP contribution in [0.4, 0.5) is 5.13 Å². The summed E-state index contributed by atoms with van der Waals surface area (Å²) in [5, 5.41) is 2.63. The Labute approximate surface area is 132 Å². The minimum absolute atomic E-state index is 0.0309. The Bertz CT molecular complexity index is 630. The van der Waals surface area contributed by atoms with Crippen molar-refractivity contribution in [2.45, 2.75) is 25.3 Å². The van der Waals surface area contributed by atoms with Crippen LogP contribution in [0.2, 0.25) is 0 Å². The van der Waals surface area contributed by atoms with Crippen LogP contribution >= 0.6 is 22.9 Å². The number of hydrogen-bond donors (Lipinski definition) is 1. The first-order valence-corrected chi connectivity index (χ1v) is 7.76. The van der Waals surface area contributed by atoms with E-state index in [-0.39, 0.29) is 12.0 Å². The van der Waals surface area contributed by atoms with Crippen molar-refractivity contribution in [3.05, 3.63) is 18.2 Å². The highest BCUT2D eigenvalue weighted by atomic mass is 35.5. The second-order valence-corrected chi connectivity index (χ2v) is 6.32. The normalized spacial score (nSPS) is 13.9. The molecule has 0 aliphatic carbocycles. The number of thiazole rings is 1. The molecule has 0 unspecified atom stereocenters. The summed E-state index contributed by atoms with van der Waals surface area (Å²) in [4.78, 5) is 15.9. The lowest BCUT2D eigenvalue weighted by atomic mass is 10.3. The standard InChI is InChI=1S/C14H17ClN2O3S/c1-8(7-19-3)20-10-4-5-11-12(6-10)21-14(16-11)17-13(18)9(2)15/h4-6,8-9H,7H2,1-3H3,(H,16,17,18)/t8-,9-/m1/s1. The van der Waals surface area contributed by atoms with Gasteiger partial charge in [0.25, 0.3) is 0 Å². The summed E-state index contributed by atoms with van der Waals surface area (Å²) in [5.41, 5.74) is 0.810. The van der Waals surface area contributed by atoms with E-state index in [1.165, 1.54) is 11.3 Å². The van der Waals surface area contributed by atoms with E-state index in [4.69, 9.17) is 21.1 Å². The zero-order valence-corrected chi connectivity index (χ0v) is 13.6. The predicted molar refractivity (Wildman–Crippen MR) is 85.5 cm³/mol. The Balaban J connectivity index is 2.14. The summed E-state index contributed by atoms with van der Waals surface area (Å²) in [6.45, 7) is 4.08. The Morgan fingerprint density at radius 1 is 1.48 bits per heavy atom. The maximum absolute atomic E-state index is 11.6. The SMILES string of the molecule is COC[C@@H](C)Oc1ccc2nc(NC(=O)[C@@H](C)Cl)sc2c1. The molecule has 0 aliphatic rings. The molecule has 1 aromatic carbocycles. The number of anilines is 1. The molecule has 0 saturated heterocycles. The highest BCUT2D eigenvalue weighted by Gasteiger charge is 2.13. The van der Waals surface area contributed by atoms with Gasteiger partial charge in [0.15, 0.2) is 5.13 Å². The van der Waals surface area contributed by atoms with Crippen LogP contribution in [0.5, 0.6) is 5.75 Å². The van der Waals surface area contributed by atoms with E-state index >= 15 is 0 Å². The van der Waals surface area contributed by atoms with Crippen molar-refractivity contribution < 1.29 is 14.3 Å². The number of nitrogens with one attached hydrogen (secondary N) is 1. The van der Waals surface area contributed by atoms with Gasteiger partial charge in [-0.3, -0.25) is 4.79 Å². The lowest BCUT2D eigenvalue weighted by Crippen LogP contribution is -2.19. The van der Waals surface area contributed by atoms with Crippen LogP contribution in [0.25, 0.3) is 10.2 Å². The van der Waals surface area contributed by atoms with Gasteiger partial charge in [-0.2, -0.15) is 0 Å². The van der Waals surface area contributed by atoms with E-state index in [2.05, 4.69) is 10.3 Å². The van der Waals surface area contributed by atoms with Gasteiger partial charge >= 0.3 is 0 Å². The summed E-state index contributed by atoms with van der Waals surface area (Å²) >= 11 is 7.11. The number of nitrogens with zero attached hydrogens (tertiary/aromatic N) is 1. The van der Waals surface area contributed by atoms with Gasteiger partial charge in [-0.1, -0.05) is 11.3 Å². The van der Waals surface area contributed by atoms with Gasteiger partial charge in [-0.25, -0.2) is 4.98 Å². The van der Waals surface area contributed by atoms with Crippen LogP contribution < -0.4 is 10.1 Å². The predicted octanol–water partition coefficient (Wildman–Crippen LogP) is 3.28. The van der Waals surface area contributed by atoms with Crippen LogP contribution in [0, 0.1) is 0 Å². The largest absolute Gasteiger partial charge is 0.488 e. The monoisotopic (exact) mass is 328 g/mol. The summed E-state index contributed by atoms with van der Waals surface area (Å²) in [5.74, 6) is 0.486. The molecule has 114 valence electrons. The molecule has 0 fully saturated rings. The summed E-state index contributed by atoms with van der Waals surface area (Å²) < 4.78 is 11.7. The molecule has 1 N–H and O–H groups in total. The van der Waals surface area contributed by atoms with E-state index in [0.717, 1.165) is 16.0 Å². The molecule has 0 spiro atoms. The zero-order valence-electron chi connectivity index (χ0n) is 12.1. The summed E-state index contributed by atoms with van der Waals surface area (Å²) in [7, 11) is 1.64. The number of ether oxygens (including phenoxy) is 2. The Kier molecular flexibility index (Phi) is 5.39. The minimum Gasteiger partial charge on any atom is -0.488 e. The number of amides is 1. The van der Waals surface area contributed by atoms with E-state index in [1.807, 2.05) is 25.1 Å². The molecule has 2 atom stereocenters. The number of hydrogen-bond acceptors (Lipinski definition) is 5. The highest BCUT2D eigenvalue weighted by molar-refractivity contribution is 7.22. The van der Waals surface area contributed by atoms with Crippen LogP contribution in [0.15, 0.2) is 18.2 Å². The van der Waals surface area contributed by atoms with Gasteiger partial charge in [-0.15, -0.1) is 11.6 Å². The number of halogens is 1. The number of methoxy groups -OCH3 is 1. The molecule has 1 amide bonds. The molecule has 7 heteroatoms. The van der Waals surface area contributed by atoms with Gasteiger partial charge in [0, 0.05) is 7.11 Å². The smallest absolute Gasteiger partial charge is 0.243 e. The van der Waals surface area contributed by atoms with E-state index < -0.39 is 5.38 Å². The van der Waals surface area contributed by atoms with Gasteiger partial charge in [0.05, 0.1) is 16.8 Å². The van der Waals surface area contributed by atoms with Crippen molar-refractivity contribution in [3.8, 4) is 5.75 Å². The van der Waals surface area contributed by atoms with Crippen molar-refractivity contribution in [2.75, 3.05) is 19.0 Å². The fourth-order valence-corrected chi connectivity index (χ4v) is 2.69. The van der Waals surface area contributed by atoms with E-state index in [0.29, 0.717) is 11.7 Å². The second-order valence-electron chi connectivity index (χ2n) is 4.64. The van der Waals surface area contributed by atoms with Crippen molar-refractivity contribution in [2.24, 2.45) is 0 Å². The lowest BCUT2D eigenvalue weighted by Gasteiger charge is -2.13. The third kappa shape index (κ3) is 4.30. The van der Waals surface area contributed by atoms with Crippen molar-refractivity contribution in [1.29, 1.82) is 0 Å². The average Bonchev–Trinajstić information content (AvgIpc) is 2.80. The molecule has 1 aromatic heterocycles. The summed E-state index contributed by atoms with van der Waals surface area (Å²) in [6, 6.07) is 5.61. The fraction of sp³-hybridized carbons (Fsp3) is 0.429. The maximum atomic E-state index is 11.6. The molecule has 2 rings (SSSR count). The Morgan fingerprint density at radius 2 is 2.24 bits per heavy atom. The molecule has 5 nitrogen and oxygen atoms in total. The molecular weight excluding hydrogens is 312 g/mol. The number of rotatable bonds is 6. The number of benzene rings is 1. The number of aromatic nitrogens is 1. The molecule has 0 radical (unpaired) electrons. The molecule has 0 bridgehead atoms. The van der Waals surface area contributed by atoms with Gasteiger partial charge in [0.2, 0.25) is 5.91 Å². The number of alkyl halides is 1. The molecular formula is C14H17ClN2O3S. The number of carbonyl (C=O) groups excluding carboxylic acids is 1. The summed E-state index contributed by atoms with van der Waals surface area (Å²) in [6.07, 6.45) is -0.0309.